The summed E-state index contributed by atoms with van der Waals surface area (Å²) in [7, 11) is 0. The predicted octanol–water partition coefficient (Wildman–Crippen LogP) is 3.81. The lowest BCUT2D eigenvalue weighted by Crippen LogP contribution is -2.03. The minimum absolute atomic E-state index is 0.0811. The van der Waals surface area contributed by atoms with Gasteiger partial charge >= 0.3 is 11.9 Å². The maximum absolute atomic E-state index is 10.4. The van der Waals surface area contributed by atoms with Crippen molar-refractivity contribution < 1.29 is 29.3 Å². The van der Waals surface area contributed by atoms with Gasteiger partial charge in [-0.25, -0.2) is 14.6 Å². The second kappa shape index (κ2) is 13.9. The quantitative estimate of drug-likeness (QED) is 0.417. The van der Waals surface area contributed by atoms with Crippen LogP contribution in [0, 0.1) is 0 Å². The van der Waals surface area contributed by atoms with E-state index in [0.29, 0.717) is 13.2 Å². The second-order valence-electron chi connectivity index (χ2n) is 6.04. The first-order valence-corrected chi connectivity index (χ1v) is 9.66. The third-order valence-electron chi connectivity index (χ3n) is 3.61. The first kappa shape index (κ1) is 25.8. The molecular formula is C23H27N3O6. The van der Waals surface area contributed by atoms with E-state index in [1.165, 1.54) is 6.07 Å². The van der Waals surface area contributed by atoms with E-state index in [1.807, 2.05) is 62.4 Å². The molecule has 0 bridgehead atoms. The van der Waals surface area contributed by atoms with Gasteiger partial charge in [0.15, 0.2) is 0 Å². The first-order valence-electron chi connectivity index (χ1n) is 9.66. The summed E-state index contributed by atoms with van der Waals surface area (Å²) >= 11 is 0. The summed E-state index contributed by atoms with van der Waals surface area (Å²) in [4.78, 5) is 24.1. The lowest BCUT2D eigenvalue weighted by Gasteiger charge is -2.01. The number of anilines is 2. The van der Waals surface area contributed by atoms with Gasteiger partial charge < -0.3 is 31.2 Å². The number of aromatic carboxylic acids is 2. The lowest BCUT2D eigenvalue weighted by atomic mass is 10.2. The normalized spacial score (nSPS) is 9.31. The Bertz CT molecular complexity index is 899. The van der Waals surface area contributed by atoms with Crippen molar-refractivity contribution in [1.29, 1.82) is 0 Å². The third kappa shape index (κ3) is 9.97. The molecule has 2 aromatic carbocycles. The number of pyridine rings is 1. The monoisotopic (exact) mass is 441 g/mol. The van der Waals surface area contributed by atoms with Crippen LogP contribution in [0.15, 0.2) is 66.9 Å². The van der Waals surface area contributed by atoms with Gasteiger partial charge in [-0.15, -0.1) is 0 Å². The molecule has 0 fully saturated rings. The molecular weight excluding hydrogens is 414 g/mol. The maximum Gasteiger partial charge on any atom is 0.354 e. The van der Waals surface area contributed by atoms with Gasteiger partial charge in [0.25, 0.3) is 0 Å². The van der Waals surface area contributed by atoms with Crippen molar-refractivity contribution in [3.8, 4) is 11.5 Å². The van der Waals surface area contributed by atoms with E-state index in [-0.39, 0.29) is 11.3 Å². The molecule has 0 spiro atoms. The maximum atomic E-state index is 10.4. The Kier molecular flexibility index (Phi) is 11.2. The van der Waals surface area contributed by atoms with E-state index in [9.17, 15) is 9.59 Å². The number of carbonyl (C=O) groups is 2. The highest BCUT2D eigenvalue weighted by molar-refractivity contribution is 5.92. The molecule has 0 atom stereocenters. The number of nitrogens with zero attached hydrogens (tertiary/aromatic N) is 1. The van der Waals surface area contributed by atoms with Crippen LogP contribution in [0.4, 0.5) is 11.4 Å². The first-order chi connectivity index (χ1) is 15.3. The summed E-state index contributed by atoms with van der Waals surface area (Å²) in [6.07, 6.45) is 1.15. The number of carboxylic acid groups (broad SMARTS) is 2. The van der Waals surface area contributed by atoms with Crippen molar-refractivity contribution >= 4 is 23.3 Å². The predicted molar refractivity (Wildman–Crippen MR) is 122 cm³/mol. The molecule has 9 heteroatoms. The van der Waals surface area contributed by atoms with Gasteiger partial charge in [0.1, 0.15) is 17.2 Å². The molecule has 0 aliphatic heterocycles. The van der Waals surface area contributed by atoms with Crippen LogP contribution in [-0.4, -0.2) is 40.3 Å². The zero-order valence-corrected chi connectivity index (χ0v) is 17.9. The molecule has 1 aromatic heterocycles. The van der Waals surface area contributed by atoms with Crippen LogP contribution in [-0.2, 0) is 0 Å². The van der Waals surface area contributed by atoms with E-state index in [1.54, 1.807) is 0 Å². The summed E-state index contributed by atoms with van der Waals surface area (Å²) in [5, 5.41) is 16.9. The van der Waals surface area contributed by atoms with E-state index in [0.717, 1.165) is 35.1 Å². The molecule has 3 aromatic rings. The summed E-state index contributed by atoms with van der Waals surface area (Å²) < 4.78 is 10.4. The van der Waals surface area contributed by atoms with Crippen molar-refractivity contribution in [3.63, 3.8) is 0 Å². The van der Waals surface area contributed by atoms with Gasteiger partial charge in [-0.2, -0.15) is 0 Å². The number of hydrogen-bond acceptors (Lipinski definition) is 7. The molecule has 6 N–H and O–H groups in total. The topological polar surface area (TPSA) is 158 Å². The van der Waals surface area contributed by atoms with E-state index >= 15 is 0 Å². The second-order valence-corrected chi connectivity index (χ2v) is 6.04. The molecule has 3 rings (SSSR count). The molecule has 32 heavy (non-hydrogen) atoms. The fourth-order valence-electron chi connectivity index (χ4n) is 2.14. The summed E-state index contributed by atoms with van der Waals surface area (Å²) in [5.74, 6) is -0.661. The van der Waals surface area contributed by atoms with Crippen LogP contribution >= 0.6 is 0 Å². The fraction of sp³-hybridized carbons (Fsp3) is 0.174. The Morgan fingerprint density at radius 1 is 0.781 bits per heavy atom. The van der Waals surface area contributed by atoms with Crippen LogP contribution in [0.25, 0.3) is 0 Å². The zero-order valence-electron chi connectivity index (χ0n) is 17.9. The highest BCUT2D eigenvalue weighted by Gasteiger charge is 2.08. The third-order valence-corrected chi connectivity index (χ3v) is 3.61. The van der Waals surface area contributed by atoms with E-state index < -0.39 is 11.9 Å². The van der Waals surface area contributed by atoms with Crippen LogP contribution in [0.5, 0.6) is 11.5 Å². The average Bonchev–Trinajstić information content (AvgIpc) is 2.78. The highest BCUT2D eigenvalue weighted by atomic mass is 16.5. The van der Waals surface area contributed by atoms with Crippen molar-refractivity contribution in [1.82, 2.24) is 4.98 Å². The van der Waals surface area contributed by atoms with E-state index in [2.05, 4.69) is 4.98 Å². The number of aromatic nitrogens is 1. The Balaban J connectivity index is 0.000000241. The Labute approximate surface area is 186 Å². The Morgan fingerprint density at radius 3 is 1.56 bits per heavy atom. The minimum atomic E-state index is -1.24. The van der Waals surface area contributed by atoms with Crippen LogP contribution < -0.4 is 20.9 Å². The summed E-state index contributed by atoms with van der Waals surface area (Å²) in [5.41, 5.74) is 12.1. The van der Waals surface area contributed by atoms with Gasteiger partial charge in [0.2, 0.25) is 0 Å². The molecule has 0 saturated carbocycles. The van der Waals surface area contributed by atoms with Crippen molar-refractivity contribution in [3.05, 3.63) is 78.1 Å². The molecule has 0 aliphatic rings. The van der Waals surface area contributed by atoms with Gasteiger partial charge in [0.05, 0.1) is 18.8 Å². The molecule has 0 saturated heterocycles. The standard InChI is InChI=1S/2C8H11NO.C7H5NO4/c2*1-2-10-8-5-3-7(9)4-6-8;9-6(10)4-1-2-8-5(3-4)7(11)12/h2*3-6H,2,9H2,1H3;1-3H,(H,9,10)(H,11,12). The lowest BCUT2D eigenvalue weighted by molar-refractivity contribution is 0.0690. The van der Waals surface area contributed by atoms with Crippen molar-refractivity contribution in [2.24, 2.45) is 0 Å². The van der Waals surface area contributed by atoms with Crippen LogP contribution in [0.2, 0.25) is 0 Å². The average molecular weight is 441 g/mol. The molecule has 170 valence electrons. The zero-order chi connectivity index (χ0) is 23.9. The largest absolute Gasteiger partial charge is 0.494 e. The number of carboxylic acids is 2. The van der Waals surface area contributed by atoms with Crippen LogP contribution in [0.1, 0.15) is 34.7 Å². The number of hydrogen-bond donors (Lipinski definition) is 4. The highest BCUT2D eigenvalue weighted by Crippen LogP contribution is 2.13. The molecule has 0 aliphatic carbocycles. The van der Waals surface area contributed by atoms with Crippen LogP contribution in [0.3, 0.4) is 0 Å². The fourth-order valence-corrected chi connectivity index (χ4v) is 2.14. The van der Waals surface area contributed by atoms with Gasteiger partial charge in [0, 0.05) is 17.6 Å². The molecule has 0 amide bonds. The number of nitrogens with two attached hydrogens (primary N) is 2. The van der Waals surface area contributed by atoms with Crippen molar-refractivity contribution in [2.75, 3.05) is 24.7 Å². The molecule has 0 unspecified atom stereocenters. The van der Waals surface area contributed by atoms with Gasteiger partial charge in [-0.05, 0) is 74.5 Å². The summed E-state index contributed by atoms with van der Waals surface area (Å²) in [6.45, 7) is 5.31. The molecule has 1 heterocycles. The minimum Gasteiger partial charge on any atom is -0.494 e. The number of benzene rings is 2. The number of ether oxygens (including phenoxy) is 2. The molecule has 9 nitrogen and oxygen atoms in total. The Hall–Kier alpha value is -4.27. The number of nitrogen functional groups attached to an aromatic ring is 2. The molecule has 0 radical (unpaired) electrons. The summed E-state index contributed by atoms with van der Waals surface area (Å²) in [6, 6.07) is 17.0. The van der Waals surface area contributed by atoms with E-state index in [4.69, 9.17) is 31.2 Å². The van der Waals surface area contributed by atoms with Gasteiger partial charge in [-0.1, -0.05) is 0 Å². The van der Waals surface area contributed by atoms with Gasteiger partial charge in [-0.3, -0.25) is 0 Å². The number of rotatable bonds is 6. The van der Waals surface area contributed by atoms with Crippen molar-refractivity contribution in [2.45, 2.75) is 13.8 Å². The smallest absolute Gasteiger partial charge is 0.354 e. The Morgan fingerprint density at radius 2 is 1.22 bits per heavy atom. The SMILES string of the molecule is CCOc1ccc(N)cc1.CCOc1ccc(N)cc1.O=C(O)c1ccnc(C(=O)O)c1.